The summed E-state index contributed by atoms with van der Waals surface area (Å²) in [6.07, 6.45) is 1.53. The van der Waals surface area contributed by atoms with Gasteiger partial charge in [-0.2, -0.15) is 0 Å². The Morgan fingerprint density at radius 2 is 1.94 bits per heavy atom. The molecule has 1 N–H and O–H groups in total. The molecule has 0 bridgehead atoms. The molecule has 9 heteroatoms. The SMILES string of the molecule is OC(COCc1ccccc1F)CSc1nnc(N2CCCC2)n1-c1cccc(Cl)c1. The molecule has 1 fully saturated rings. The fourth-order valence-corrected chi connectivity index (χ4v) is 4.49. The van der Waals surface area contributed by atoms with Gasteiger partial charge in [0.2, 0.25) is 5.95 Å². The van der Waals surface area contributed by atoms with Crippen LogP contribution in [0.5, 0.6) is 0 Å². The maximum atomic E-state index is 13.7. The number of aromatic nitrogens is 3. The Bertz CT molecular complexity index is 1010. The summed E-state index contributed by atoms with van der Waals surface area (Å²) in [6, 6.07) is 14.0. The minimum Gasteiger partial charge on any atom is -0.390 e. The third-order valence-electron chi connectivity index (χ3n) is 5.00. The zero-order valence-corrected chi connectivity index (χ0v) is 18.5. The van der Waals surface area contributed by atoms with E-state index in [1.807, 2.05) is 28.8 Å². The molecule has 0 spiro atoms. The van der Waals surface area contributed by atoms with E-state index in [0.29, 0.717) is 21.5 Å². The number of benzene rings is 2. The number of rotatable bonds is 9. The standard InChI is InChI=1S/C22H24ClFN4O2S/c23-17-7-5-8-18(12-17)28-21(27-10-3-4-11-27)25-26-22(28)31-15-19(29)14-30-13-16-6-1-2-9-20(16)24/h1-2,5-9,12,19,29H,3-4,10-11,13-15H2. The molecule has 0 radical (unpaired) electrons. The predicted octanol–water partition coefficient (Wildman–Crippen LogP) is 4.33. The summed E-state index contributed by atoms with van der Waals surface area (Å²) < 4.78 is 21.1. The molecular weight excluding hydrogens is 439 g/mol. The number of hydrogen-bond donors (Lipinski definition) is 1. The molecule has 3 aromatic rings. The van der Waals surface area contributed by atoms with Gasteiger partial charge in [0.25, 0.3) is 0 Å². The van der Waals surface area contributed by atoms with Crippen LogP contribution in [0.3, 0.4) is 0 Å². The summed E-state index contributed by atoms with van der Waals surface area (Å²) in [4.78, 5) is 2.21. The average Bonchev–Trinajstić information content (AvgIpc) is 3.43. The van der Waals surface area contributed by atoms with Crippen molar-refractivity contribution in [1.82, 2.24) is 14.8 Å². The van der Waals surface area contributed by atoms with E-state index in [0.717, 1.165) is 37.6 Å². The third kappa shape index (κ3) is 5.57. The van der Waals surface area contributed by atoms with Crippen LogP contribution in [0.2, 0.25) is 5.02 Å². The van der Waals surface area contributed by atoms with Crippen LogP contribution >= 0.6 is 23.4 Å². The van der Waals surface area contributed by atoms with Crippen molar-refractivity contribution in [2.45, 2.75) is 30.7 Å². The molecule has 1 aromatic heterocycles. The number of aliphatic hydroxyl groups is 1. The molecular formula is C22H24ClFN4O2S. The molecule has 6 nitrogen and oxygen atoms in total. The Balaban J connectivity index is 1.41. The van der Waals surface area contributed by atoms with Gasteiger partial charge in [-0.05, 0) is 37.1 Å². The lowest BCUT2D eigenvalue weighted by molar-refractivity contribution is 0.0386. The van der Waals surface area contributed by atoms with Crippen LogP contribution in [0.4, 0.5) is 10.3 Å². The minimum absolute atomic E-state index is 0.103. The molecule has 1 aliphatic heterocycles. The third-order valence-corrected chi connectivity index (χ3v) is 6.31. The van der Waals surface area contributed by atoms with Crippen molar-refractivity contribution in [1.29, 1.82) is 0 Å². The maximum Gasteiger partial charge on any atom is 0.232 e. The Morgan fingerprint density at radius 3 is 2.71 bits per heavy atom. The largest absolute Gasteiger partial charge is 0.390 e. The number of ether oxygens (including phenoxy) is 1. The maximum absolute atomic E-state index is 13.7. The number of hydrogen-bond acceptors (Lipinski definition) is 6. The molecule has 1 atom stereocenters. The van der Waals surface area contributed by atoms with Gasteiger partial charge in [0.15, 0.2) is 5.16 Å². The first-order valence-electron chi connectivity index (χ1n) is 10.2. The summed E-state index contributed by atoms with van der Waals surface area (Å²) in [5.74, 6) is 0.846. The fraction of sp³-hybridized carbons (Fsp3) is 0.364. The summed E-state index contributed by atoms with van der Waals surface area (Å²) >= 11 is 7.62. The first-order chi connectivity index (χ1) is 15.1. The quantitative estimate of drug-likeness (QED) is 0.477. The zero-order chi connectivity index (χ0) is 21.6. The molecule has 1 saturated heterocycles. The number of nitrogens with zero attached hydrogens (tertiary/aromatic N) is 4. The van der Waals surface area contributed by atoms with Crippen molar-refractivity contribution in [2.75, 3.05) is 30.3 Å². The highest BCUT2D eigenvalue weighted by molar-refractivity contribution is 7.99. The average molecular weight is 463 g/mol. The summed E-state index contributed by atoms with van der Waals surface area (Å²) in [6.45, 7) is 2.10. The molecule has 2 heterocycles. The van der Waals surface area contributed by atoms with E-state index in [9.17, 15) is 9.50 Å². The summed E-state index contributed by atoms with van der Waals surface area (Å²) in [7, 11) is 0. The normalized spacial score (nSPS) is 14.9. The van der Waals surface area contributed by atoms with E-state index >= 15 is 0 Å². The van der Waals surface area contributed by atoms with E-state index in [2.05, 4.69) is 15.1 Å². The van der Waals surface area contributed by atoms with Gasteiger partial charge in [0, 0.05) is 29.4 Å². The van der Waals surface area contributed by atoms with Gasteiger partial charge in [-0.15, -0.1) is 10.2 Å². The van der Waals surface area contributed by atoms with Crippen LogP contribution in [0.25, 0.3) is 5.69 Å². The second kappa shape index (κ2) is 10.5. The van der Waals surface area contributed by atoms with E-state index < -0.39 is 6.10 Å². The highest BCUT2D eigenvalue weighted by Crippen LogP contribution is 2.30. The highest BCUT2D eigenvalue weighted by atomic mass is 35.5. The van der Waals surface area contributed by atoms with Crippen LogP contribution < -0.4 is 4.90 Å². The molecule has 0 aliphatic carbocycles. The summed E-state index contributed by atoms with van der Waals surface area (Å²) in [5.41, 5.74) is 1.35. The van der Waals surface area contributed by atoms with Crippen molar-refractivity contribution >= 4 is 29.3 Å². The van der Waals surface area contributed by atoms with Crippen LogP contribution in [0, 0.1) is 5.82 Å². The highest BCUT2D eigenvalue weighted by Gasteiger charge is 2.23. The molecule has 164 valence electrons. The first kappa shape index (κ1) is 22.1. The van der Waals surface area contributed by atoms with Crippen molar-refractivity contribution in [3.05, 3.63) is 64.9 Å². The van der Waals surface area contributed by atoms with Crippen molar-refractivity contribution in [3.63, 3.8) is 0 Å². The van der Waals surface area contributed by atoms with Gasteiger partial charge in [0.1, 0.15) is 5.82 Å². The molecule has 2 aromatic carbocycles. The molecule has 1 unspecified atom stereocenters. The Hall–Kier alpha value is -2.13. The van der Waals surface area contributed by atoms with Crippen molar-refractivity contribution < 1.29 is 14.2 Å². The van der Waals surface area contributed by atoms with Gasteiger partial charge in [-0.25, -0.2) is 4.39 Å². The number of halogens is 2. The minimum atomic E-state index is -0.725. The molecule has 1 aliphatic rings. The lowest BCUT2D eigenvalue weighted by Gasteiger charge is -2.19. The van der Waals surface area contributed by atoms with Gasteiger partial charge < -0.3 is 14.7 Å². The van der Waals surface area contributed by atoms with E-state index in [4.69, 9.17) is 16.3 Å². The zero-order valence-electron chi connectivity index (χ0n) is 17.0. The van der Waals surface area contributed by atoms with E-state index in [1.54, 1.807) is 18.2 Å². The first-order valence-corrected chi connectivity index (χ1v) is 11.6. The van der Waals surface area contributed by atoms with Crippen LogP contribution in [0.15, 0.2) is 53.7 Å². The van der Waals surface area contributed by atoms with Gasteiger partial charge in [0.05, 0.1) is 25.0 Å². The second-order valence-corrected chi connectivity index (χ2v) is 8.79. The topological polar surface area (TPSA) is 63.4 Å². The number of anilines is 1. The lowest BCUT2D eigenvalue weighted by Crippen LogP contribution is -2.22. The Labute approximate surface area is 190 Å². The van der Waals surface area contributed by atoms with Gasteiger partial charge in [-0.3, -0.25) is 4.57 Å². The van der Waals surface area contributed by atoms with Gasteiger partial charge in [-0.1, -0.05) is 47.6 Å². The van der Waals surface area contributed by atoms with Crippen LogP contribution in [-0.4, -0.2) is 51.4 Å². The molecule has 4 rings (SSSR count). The van der Waals surface area contributed by atoms with Crippen molar-refractivity contribution in [2.24, 2.45) is 0 Å². The van der Waals surface area contributed by atoms with Gasteiger partial charge >= 0.3 is 0 Å². The van der Waals surface area contributed by atoms with E-state index in [-0.39, 0.29) is 19.0 Å². The van der Waals surface area contributed by atoms with Crippen LogP contribution in [-0.2, 0) is 11.3 Å². The molecule has 0 amide bonds. The molecule has 0 saturated carbocycles. The number of thioether (sulfide) groups is 1. The molecule has 31 heavy (non-hydrogen) atoms. The Morgan fingerprint density at radius 1 is 1.13 bits per heavy atom. The van der Waals surface area contributed by atoms with E-state index in [1.165, 1.54) is 17.8 Å². The Kier molecular flexibility index (Phi) is 7.45. The monoisotopic (exact) mass is 462 g/mol. The smallest absolute Gasteiger partial charge is 0.232 e. The van der Waals surface area contributed by atoms with Crippen molar-refractivity contribution in [3.8, 4) is 5.69 Å². The summed E-state index contributed by atoms with van der Waals surface area (Å²) in [5, 5.41) is 20.4. The van der Waals surface area contributed by atoms with Crippen LogP contribution in [0.1, 0.15) is 18.4 Å². The second-order valence-electron chi connectivity index (χ2n) is 7.36. The number of aliphatic hydroxyl groups excluding tert-OH is 1. The lowest BCUT2D eigenvalue weighted by atomic mass is 10.2. The predicted molar refractivity (Wildman–Crippen MR) is 121 cm³/mol. The fourth-order valence-electron chi connectivity index (χ4n) is 3.46.